The number of ether oxygens (including phenoxy) is 5. The number of likely N-dealkylation sites (N-methyl/N-ethyl adjacent to an activating group) is 1. The summed E-state index contributed by atoms with van der Waals surface area (Å²) in [6, 6.07) is 5.37. The summed E-state index contributed by atoms with van der Waals surface area (Å²) in [6.45, 7) is 13.5. The van der Waals surface area contributed by atoms with Crippen LogP contribution in [-0.2, 0) is 49.3 Å². The third-order valence-electron chi connectivity index (χ3n) is 13.1. The monoisotopic (exact) mass is 866 g/mol. The molecule has 17 heteroatoms. The Balaban J connectivity index is 1.41. The van der Waals surface area contributed by atoms with Crippen molar-refractivity contribution in [3.05, 3.63) is 42.4 Å². The lowest BCUT2D eigenvalue weighted by molar-refractivity contribution is -0.296. The molecule has 6 heterocycles. The maximum atomic E-state index is 14.5. The summed E-state index contributed by atoms with van der Waals surface area (Å²) < 4.78 is 34.2. The van der Waals surface area contributed by atoms with Gasteiger partial charge in [-0.1, -0.05) is 38.9 Å². The van der Waals surface area contributed by atoms with Crippen LogP contribution in [-0.4, -0.2) is 146 Å². The molecule has 0 aliphatic carbocycles. The second-order valence-corrected chi connectivity index (χ2v) is 18.3. The van der Waals surface area contributed by atoms with E-state index in [1.807, 2.05) is 71.1 Å². The third kappa shape index (κ3) is 10.4. The lowest BCUT2D eigenvalue weighted by Crippen LogP contribution is -2.60. The molecule has 3 fully saturated rings. The Kier molecular flexibility index (Phi) is 15.2. The summed E-state index contributed by atoms with van der Waals surface area (Å²) in [7, 11) is 3.74. The van der Waals surface area contributed by atoms with E-state index >= 15 is 0 Å². The van der Waals surface area contributed by atoms with Gasteiger partial charge >= 0.3 is 5.97 Å². The number of ketones is 1. The van der Waals surface area contributed by atoms with Crippen LogP contribution in [0.25, 0.3) is 5.82 Å². The van der Waals surface area contributed by atoms with Gasteiger partial charge in [-0.15, -0.1) is 0 Å². The zero-order valence-corrected chi connectivity index (χ0v) is 37.8. The van der Waals surface area contributed by atoms with E-state index in [2.05, 4.69) is 15.2 Å². The highest BCUT2D eigenvalue weighted by Gasteiger charge is 2.53. The fourth-order valence-electron chi connectivity index (χ4n) is 9.58. The van der Waals surface area contributed by atoms with Crippen LogP contribution in [0.2, 0.25) is 0 Å². The van der Waals surface area contributed by atoms with E-state index < -0.39 is 89.3 Å². The van der Waals surface area contributed by atoms with Crippen LogP contribution in [0.5, 0.6) is 0 Å². The average molecular weight is 867 g/mol. The topological polar surface area (TPSA) is 206 Å². The standard InChI is InChI=1S/C45H66N6O11/c1-11-34-45(8,56)40-27(4)36-25(2)21-44(7,39(28(5)37(52)29(6)42(55)60-34)61-43-38(53)32(50(9)10)20-26(3)59-43)58-24-31(23-57-40)49-62-33(41(54)48-36)15-12-14-30-16-17-35(46-22-30)51-19-13-18-47-51/h13,16-19,22,25-29,32-34,38-40,43,53,56H,11-12,14-15,20-21,23-24H2,1-10H3/b48-36?,49-31+/t25-,26-,27-,28+,29-,32+,33?,34-,38-,39-,40+,43+,44-,45-/m1/s1. The zero-order valence-electron chi connectivity index (χ0n) is 37.8. The number of aliphatic hydroxyl groups excluding tert-OH is 1. The molecule has 0 aromatic carbocycles. The van der Waals surface area contributed by atoms with Gasteiger partial charge in [-0.25, -0.2) is 14.7 Å². The van der Waals surface area contributed by atoms with Crippen LogP contribution in [0.4, 0.5) is 0 Å². The minimum atomic E-state index is -1.83. The number of aliphatic hydroxyl groups is 2. The van der Waals surface area contributed by atoms with Crippen LogP contribution >= 0.6 is 0 Å². The molecule has 2 aromatic rings. The highest BCUT2D eigenvalue weighted by Crippen LogP contribution is 2.40. The van der Waals surface area contributed by atoms with Crippen molar-refractivity contribution in [3.63, 3.8) is 0 Å². The van der Waals surface area contributed by atoms with Gasteiger partial charge < -0.3 is 43.6 Å². The number of aromatic nitrogens is 3. The summed E-state index contributed by atoms with van der Waals surface area (Å²) >= 11 is 0. The van der Waals surface area contributed by atoms with Gasteiger partial charge in [0, 0.05) is 42.2 Å². The first-order chi connectivity index (χ1) is 29.3. The molecule has 3 saturated heterocycles. The number of hydrogen-bond donors (Lipinski definition) is 2. The van der Waals surface area contributed by atoms with Gasteiger partial charge in [-0.05, 0) is 104 Å². The number of carbonyl (C=O) groups excluding carboxylic acids is 3. The predicted molar refractivity (Wildman–Crippen MR) is 228 cm³/mol. The second-order valence-electron chi connectivity index (χ2n) is 18.3. The molecule has 2 aromatic heterocycles. The number of Topliss-reactive ketones (excluding diaryl/α,β-unsaturated/α-hetero) is 1. The molecule has 6 rings (SSSR count). The van der Waals surface area contributed by atoms with Gasteiger partial charge in [0.15, 0.2) is 17.9 Å². The van der Waals surface area contributed by atoms with Gasteiger partial charge in [-0.3, -0.25) is 14.4 Å². The molecular formula is C45H66N6O11. The van der Waals surface area contributed by atoms with Gasteiger partial charge in [0.2, 0.25) is 6.10 Å². The molecule has 2 N–H and O–H groups in total. The first-order valence-electron chi connectivity index (χ1n) is 22.0. The number of oxime groups is 1. The molecule has 14 atom stereocenters. The Hall–Kier alpha value is -3.97. The van der Waals surface area contributed by atoms with Gasteiger partial charge in [-0.2, -0.15) is 5.10 Å². The lowest BCUT2D eigenvalue weighted by atomic mass is 9.73. The molecule has 4 bridgehead atoms. The number of carbonyl (C=O) groups is 3. The summed E-state index contributed by atoms with van der Waals surface area (Å²) in [5.41, 5.74) is -1.56. The van der Waals surface area contributed by atoms with Gasteiger partial charge in [0.25, 0.3) is 5.91 Å². The van der Waals surface area contributed by atoms with E-state index in [1.165, 1.54) is 13.8 Å². The summed E-state index contributed by atoms with van der Waals surface area (Å²) in [5.74, 6) is -4.69. The van der Waals surface area contributed by atoms with Crippen LogP contribution < -0.4 is 0 Å². The van der Waals surface area contributed by atoms with Crippen LogP contribution in [0.1, 0.15) is 93.1 Å². The van der Waals surface area contributed by atoms with E-state index in [-0.39, 0.29) is 50.3 Å². The summed E-state index contributed by atoms with van der Waals surface area (Å²) in [4.78, 5) is 60.1. The van der Waals surface area contributed by atoms with E-state index in [4.69, 9.17) is 33.5 Å². The van der Waals surface area contributed by atoms with Crippen LogP contribution in [0, 0.1) is 23.7 Å². The van der Waals surface area contributed by atoms with E-state index in [1.54, 1.807) is 30.9 Å². The molecule has 342 valence electrons. The first kappa shape index (κ1) is 47.5. The highest BCUT2D eigenvalue weighted by atomic mass is 16.7. The lowest BCUT2D eigenvalue weighted by Gasteiger charge is -2.47. The minimum Gasteiger partial charge on any atom is -0.459 e. The first-order valence-corrected chi connectivity index (χ1v) is 22.0. The molecule has 0 radical (unpaired) electrons. The minimum absolute atomic E-state index is 0.159. The normalized spacial score (nSPS) is 38.6. The number of cyclic esters (lactones) is 1. The SMILES string of the molecule is CC[C@H]1OC(=O)[C@H](C)C(=O)[C@H](C)[C@@H](O[C@@H]2O[C@H](C)C[C@H](N(C)C)[C@H]2O)[C@@]2(C)C[C@@H](C)C3=NC(=O)C(CCCc4ccc(-n5cccn5)nc4)O/N=C(\CO[C@@H]([C@@H]3C)[C@]1(C)O)CO2. The van der Waals surface area contributed by atoms with E-state index in [9.17, 15) is 24.6 Å². The van der Waals surface area contributed by atoms with Gasteiger partial charge in [0.05, 0.1) is 37.1 Å². The van der Waals surface area contributed by atoms with Gasteiger partial charge in [0.1, 0.15) is 29.4 Å². The van der Waals surface area contributed by atoms with Crippen molar-refractivity contribution in [1.82, 2.24) is 19.7 Å². The molecule has 1 unspecified atom stereocenters. The Morgan fingerprint density at radius 1 is 1.05 bits per heavy atom. The van der Waals surface area contributed by atoms with E-state index in [0.29, 0.717) is 30.8 Å². The van der Waals surface area contributed by atoms with Crippen molar-refractivity contribution in [2.24, 2.45) is 33.8 Å². The van der Waals surface area contributed by atoms with Crippen molar-refractivity contribution in [2.45, 2.75) is 154 Å². The summed E-state index contributed by atoms with van der Waals surface area (Å²) in [5, 5.41) is 32.8. The Bertz CT molecular complexity index is 1920. The summed E-state index contributed by atoms with van der Waals surface area (Å²) in [6.07, 6.45) is 0.721. The molecular weight excluding hydrogens is 801 g/mol. The van der Waals surface area contributed by atoms with Crippen LogP contribution in [0.3, 0.4) is 0 Å². The molecule has 0 spiro atoms. The number of pyridine rings is 1. The Labute approximate surface area is 364 Å². The van der Waals surface area contributed by atoms with Crippen molar-refractivity contribution in [2.75, 3.05) is 27.3 Å². The number of amides is 1. The molecule has 1 amide bonds. The fourth-order valence-corrected chi connectivity index (χ4v) is 9.58. The maximum Gasteiger partial charge on any atom is 0.316 e. The average Bonchev–Trinajstić information content (AvgIpc) is 3.77. The largest absolute Gasteiger partial charge is 0.459 e. The van der Waals surface area contributed by atoms with Crippen molar-refractivity contribution in [3.8, 4) is 5.82 Å². The van der Waals surface area contributed by atoms with Crippen molar-refractivity contribution < 1.29 is 53.1 Å². The smallest absolute Gasteiger partial charge is 0.316 e. The molecule has 17 nitrogen and oxygen atoms in total. The van der Waals surface area contributed by atoms with Crippen molar-refractivity contribution in [1.29, 1.82) is 0 Å². The molecule has 4 aliphatic heterocycles. The quantitative estimate of drug-likeness (QED) is 0.271. The molecule has 0 saturated carbocycles. The number of aliphatic imine (C=N–C) groups is 1. The number of aryl methyl sites for hydroxylation is 1. The van der Waals surface area contributed by atoms with Crippen LogP contribution in [0.15, 0.2) is 46.9 Å². The second kappa shape index (κ2) is 19.8. The van der Waals surface area contributed by atoms with E-state index in [0.717, 1.165) is 5.56 Å². The molecule has 62 heavy (non-hydrogen) atoms. The molecule has 4 aliphatic rings. The highest BCUT2D eigenvalue weighted by molar-refractivity contribution is 6.01. The number of nitrogens with zero attached hydrogens (tertiary/aromatic N) is 6. The maximum absolute atomic E-state index is 14.5. The fraction of sp³-hybridized carbons (Fsp3) is 0.711. The Morgan fingerprint density at radius 2 is 1.81 bits per heavy atom. The predicted octanol–water partition coefficient (Wildman–Crippen LogP) is 3.89. The number of esters is 1. The number of rotatable bonds is 9. The number of fused-ring (bicyclic) bond motifs is 4. The third-order valence-corrected chi connectivity index (χ3v) is 13.1. The number of hydrogen-bond acceptors (Lipinski definition) is 15. The Morgan fingerprint density at radius 3 is 2.47 bits per heavy atom. The van der Waals surface area contributed by atoms with Crippen molar-refractivity contribution >= 4 is 29.1 Å². The zero-order chi connectivity index (χ0) is 45.1.